The molecule has 8 heteroatoms. The third kappa shape index (κ3) is 3.68. The number of aromatic nitrogens is 2. The molecule has 0 saturated heterocycles. The van der Waals surface area contributed by atoms with Crippen molar-refractivity contribution in [1.82, 2.24) is 9.55 Å². The summed E-state index contributed by atoms with van der Waals surface area (Å²) in [6.07, 6.45) is 0.904. The zero-order chi connectivity index (χ0) is 18.5. The first-order chi connectivity index (χ1) is 12.7. The number of thioether (sulfide) groups is 1. The number of nitriles is 2. The molecule has 5 nitrogen and oxygen atoms in total. The molecule has 0 radical (unpaired) electrons. The van der Waals surface area contributed by atoms with Gasteiger partial charge in [0, 0.05) is 34.5 Å². The smallest absolute Gasteiger partial charge is 0.263 e. The van der Waals surface area contributed by atoms with Crippen LogP contribution in [-0.2, 0) is 6.54 Å². The van der Waals surface area contributed by atoms with E-state index in [-0.39, 0.29) is 11.5 Å². The summed E-state index contributed by atoms with van der Waals surface area (Å²) in [5.74, 6) is 0.307. The average Bonchev–Trinajstić information content (AvgIpc) is 3.31. The molecule has 0 aliphatic carbocycles. The number of fused-ring (bicyclic) bond motifs is 1. The first-order valence-corrected chi connectivity index (χ1v) is 10.9. The first-order valence-electron chi connectivity index (χ1n) is 8.14. The molecule has 0 saturated carbocycles. The average molecular weight is 401 g/mol. The van der Waals surface area contributed by atoms with Gasteiger partial charge in [0.1, 0.15) is 4.83 Å². The molecule has 0 aliphatic heterocycles. The van der Waals surface area contributed by atoms with Gasteiger partial charge in [-0.05, 0) is 24.8 Å². The van der Waals surface area contributed by atoms with Crippen LogP contribution in [0, 0.1) is 28.6 Å². The predicted molar refractivity (Wildman–Crippen MR) is 108 cm³/mol. The molecule has 132 valence electrons. The Morgan fingerprint density at radius 3 is 2.88 bits per heavy atom. The van der Waals surface area contributed by atoms with Crippen molar-refractivity contribution in [3.8, 4) is 22.6 Å². The second-order valence-corrected chi connectivity index (χ2v) is 8.38. The first kappa shape index (κ1) is 18.7. The Balaban J connectivity index is 1.96. The molecule has 0 bridgehead atoms. The van der Waals surface area contributed by atoms with Gasteiger partial charge in [0.05, 0.1) is 23.4 Å². The zero-order valence-corrected chi connectivity index (χ0v) is 16.6. The van der Waals surface area contributed by atoms with Crippen molar-refractivity contribution in [3.05, 3.63) is 33.2 Å². The predicted octanol–water partition coefficient (Wildman–Crippen LogP) is 4.74. The van der Waals surface area contributed by atoms with Gasteiger partial charge in [-0.25, -0.2) is 4.98 Å². The lowest BCUT2D eigenvalue weighted by Gasteiger charge is -2.11. The highest BCUT2D eigenvalue weighted by molar-refractivity contribution is 7.99. The van der Waals surface area contributed by atoms with Crippen molar-refractivity contribution in [2.45, 2.75) is 31.5 Å². The highest BCUT2D eigenvalue weighted by Crippen LogP contribution is 2.34. The Bertz CT molecular complexity index is 1040. The second kappa shape index (κ2) is 8.50. The van der Waals surface area contributed by atoms with Crippen LogP contribution in [0.3, 0.4) is 0 Å². The maximum atomic E-state index is 13.1. The summed E-state index contributed by atoms with van der Waals surface area (Å²) < 4.78 is 1.68. The van der Waals surface area contributed by atoms with E-state index in [0.29, 0.717) is 35.7 Å². The lowest BCUT2D eigenvalue weighted by Crippen LogP contribution is -2.22. The standard InChI is InChI=1S/C18H16N4OS3/c1-2-22-17(23)15-13(14-6-4-8-24-14)11-25-16(15)21-18(22)26-10-12(9-20)5-3-7-19/h4,6,8,11-12H,2-3,5,10H2,1H3/t12-/m1/s1. The van der Waals surface area contributed by atoms with E-state index < -0.39 is 0 Å². The molecule has 0 aromatic carbocycles. The number of hydrogen-bond donors (Lipinski definition) is 0. The fourth-order valence-electron chi connectivity index (χ4n) is 2.61. The number of hydrogen-bond acceptors (Lipinski definition) is 7. The van der Waals surface area contributed by atoms with E-state index in [0.717, 1.165) is 15.3 Å². The third-order valence-electron chi connectivity index (χ3n) is 3.96. The van der Waals surface area contributed by atoms with Crippen molar-refractivity contribution in [2.75, 3.05) is 5.75 Å². The Morgan fingerprint density at radius 2 is 2.23 bits per heavy atom. The summed E-state index contributed by atoms with van der Waals surface area (Å²) in [7, 11) is 0. The van der Waals surface area contributed by atoms with Gasteiger partial charge >= 0.3 is 0 Å². The molecule has 0 amide bonds. The number of thiophene rings is 2. The monoisotopic (exact) mass is 400 g/mol. The van der Waals surface area contributed by atoms with Crippen LogP contribution in [0.15, 0.2) is 32.8 Å². The Kier molecular flexibility index (Phi) is 6.10. The maximum Gasteiger partial charge on any atom is 0.263 e. The van der Waals surface area contributed by atoms with E-state index in [1.807, 2.05) is 29.8 Å². The number of rotatable bonds is 7. The summed E-state index contributed by atoms with van der Waals surface area (Å²) >= 11 is 4.50. The molecular formula is C18H16N4OS3. The van der Waals surface area contributed by atoms with Crippen LogP contribution in [0.2, 0.25) is 0 Å². The minimum Gasteiger partial charge on any atom is -0.287 e. The van der Waals surface area contributed by atoms with Gasteiger partial charge in [-0.1, -0.05) is 17.8 Å². The summed E-state index contributed by atoms with van der Waals surface area (Å²) in [6, 6.07) is 8.30. The minimum atomic E-state index is -0.220. The summed E-state index contributed by atoms with van der Waals surface area (Å²) in [4.78, 5) is 19.6. The molecule has 3 rings (SSSR count). The Morgan fingerprint density at radius 1 is 1.38 bits per heavy atom. The largest absolute Gasteiger partial charge is 0.287 e. The van der Waals surface area contributed by atoms with Crippen molar-refractivity contribution in [2.24, 2.45) is 5.92 Å². The van der Waals surface area contributed by atoms with Crippen molar-refractivity contribution in [3.63, 3.8) is 0 Å². The van der Waals surface area contributed by atoms with Gasteiger partial charge in [0.25, 0.3) is 5.56 Å². The Labute approximate surface area is 163 Å². The van der Waals surface area contributed by atoms with Crippen molar-refractivity contribution in [1.29, 1.82) is 10.5 Å². The minimum absolute atomic E-state index is 0.0322. The molecule has 3 heterocycles. The van der Waals surface area contributed by atoms with Gasteiger partial charge in [-0.15, -0.1) is 22.7 Å². The molecular weight excluding hydrogens is 384 g/mol. The molecule has 3 aromatic heterocycles. The summed E-state index contributed by atoms with van der Waals surface area (Å²) in [6.45, 7) is 2.45. The lowest BCUT2D eigenvalue weighted by atomic mass is 10.1. The molecule has 0 unspecified atom stereocenters. The van der Waals surface area contributed by atoms with Crippen LogP contribution in [0.25, 0.3) is 20.7 Å². The topological polar surface area (TPSA) is 82.5 Å². The molecule has 0 spiro atoms. The van der Waals surface area contributed by atoms with E-state index in [4.69, 9.17) is 10.2 Å². The molecule has 0 fully saturated rings. The molecule has 26 heavy (non-hydrogen) atoms. The fraction of sp³-hybridized carbons (Fsp3) is 0.333. The molecule has 0 N–H and O–H groups in total. The molecule has 3 aromatic rings. The van der Waals surface area contributed by atoms with Gasteiger partial charge < -0.3 is 0 Å². The van der Waals surface area contributed by atoms with Crippen LogP contribution in [0.4, 0.5) is 0 Å². The van der Waals surface area contributed by atoms with Crippen molar-refractivity contribution < 1.29 is 0 Å². The Hall–Kier alpha value is -2.13. The van der Waals surface area contributed by atoms with Gasteiger partial charge in [-0.2, -0.15) is 10.5 Å². The van der Waals surface area contributed by atoms with E-state index >= 15 is 0 Å². The van der Waals surface area contributed by atoms with Crippen LogP contribution < -0.4 is 5.56 Å². The zero-order valence-electron chi connectivity index (χ0n) is 14.1. The van der Waals surface area contributed by atoms with E-state index in [9.17, 15) is 10.1 Å². The molecule has 1 atom stereocenters. The van der Waals surface area contributed by atoms with Crippen LogP contribution in [-0.4, -0.2) is 15.3 Å². The van der Waals surface area contributed by atoms with E-state index in [1.165, 1.54) is 23.1 Å². The summed E-state index contributed by atoms with van der Waals surface area (Å²) in [5.41, 5.74) is 0.912. The quantitative estimate of drug-likeness (QED) is 0.422. The van der Waals surface area contributed by atoms with Crippen LogP contribution >= 0.6 is 34.4 Å². The SMILES string of the molecule is CCn1c(SC[C@@H](C#N)CCC#N)nc2scc(-c3cccs3)c2c1=O. The highest BCUT2D eigenvalue weighted by atomic mass is 32.2. The van der Waals surface area contributed by atoms with Crippen LogP contribution in [0.5, 0.6) is 0 Å². The number of nitrogens with zero attached hydrogens (tertiary/aromatic N) is 4. The van der Waals surface area contributed by atoms with E-state index in [2.05, 4.69) is 12.1 Å². The van der Waals surface area contributed by atoms with Crippen LogP contribution in [0.1, 0.15) is 19.8 Å². The van der Waals surface area contributed by atoms with Gasteiger partial charge in [0.15, 0.2) is 5.16 Å². The lowest BCUT2D eigenvalue weighted by molar-refractivity contribution is 0.631. The highest BCUT2D eigenvalue weighted by Gasteiger charge is 2.18. The fourth-order valence-corrected chi connectivity index (χ4v) is 5.53. The normalized spacial score (nSPS) is 12.0. The summed E-state index contributed by atoms with van der Waals surface area (Å²) in [5, 5.41) is 23.2. The molecule has 0 aliphatic rings. The maximum absolute atomic E-state index is 13.1. The third-order valence-corrected chi connectivity index (χ3v) is 6.88. The van der Waals surface area contributed by atoms with Gasteiger partial charge in [-0.3, -0.25) is 9.36 Å². The van der Waals surface area contributed by atoms with E-state index in [1.54, 1.807) is 15.9 Å². The second-order valence-electron chi connectivity index (χ2n) is 5.58. The van der Waals surface area contributed by atoms with Crippen molar-refractivity contribution >= 4 is 44.7 Å². The van der Waals surface area contributed by atoms with Gasteiger partial charge in [0.2, 0.25) is 0 Å².